The summed E-state index contributed by atoms with van der Waals surface area (Å²) in [4.78, 5) is 25.0. The molecule has 3 aromatic rings. The minimum Gasteiger partial charge on any atom is -0.398 e. The van der Waals surface area contributed by atoms with Crippen molar-refractivity contribution >= 4 is 28.6 Å². The maximum atomic E-state index is 13.2. The highest BCUT2D eigenvalue weighted by Crippen LogP contribution is 2.32. The van der Waals surface area contributed by atoms with E-state index in [-0.39, 0.29) is 17.7 Å². The molecule has 0 saturated carbocycles. The Balaban J connectivity index is 1.68. The highest BCUT2D eigenvalue weighted by atomic mass is 32.1. The van der Waals surface area contributed by atoms with E-state index in [1.165, 1.54) is 11.3 Å². The number of hydrogen-bond donors (Lipinski definition) is 3. The number of piperidine rings is 1. The van der Waals surface area contributed by atoms with E-state index >= 15 is 0 Å². The van der Waals surface area contributed by atoms with Crippen LogP contribution in [0.4, 0.5) is 5.69 Å². The highest BCUT2D eigenvalue weighted by molar-refractivity contribution is 7.17. The molecule has 0 spiro atoms. The van der Waals surface area contributed by atoms with Crippen LogP contribution in [0.3, 0.4) is 0 Å². The van der Waals surface area contributed by atoms with Crippen molar-refractivity contribution < 1.29 is 4.79 Å². The van der Waals surface area contributed by atoms with Gasteiger partial charge in [-0.3, -0.25) is 15.2 Å². The molecule has 31 heavy (non-hydrogen) atoms. The third kappa shape index (κ3) is 4.50. The molecule has 4 rings (SSSR count). The van der Waals surface area contributed by atoms with Crippen molar-refractivity contribution in [1.29, 1.82) is 5.41 Å². The average molecular weight is 435 g/mol. The minimum atomic E-state index is -0.207. The normalized spacial score (nSPS) is 15.0. The van der Waals surface area contributed by atoms with Gasteiger partial charge in [0.2, 0.25) is 0 Å². The van der Waals surface area contributed by atoms with Crippen LogP contribution in [-0.4, -0.2) is 52.7 Å². The molecule has 0 unspecified atom stereocenters. The van der Waals surface area contributed by atoms with Crippen LogP contribution in [-0.2, 0) is 0 Å². The Morgan fingerprint density at radius 1 is 1.26 bits per heavy atom. The summed E-state index contributed by atoms with van der Waals surface area (Å²) in [5.41, 5.74) is 9.66. The largest absolute Gasteiger partial charge is 0.398 e. The molecular weight excluding hydrogens is 408 g/mol. The van der Waals surface area contributed by atoms with E-state index in [4.69, 9.17) is 11.1 Å². The number of likely N-dealkylation sites (tertiary alicyclic amines) is 1. The molecule has 0 atom stereocenters. The number of rotatable bonds is 5. The van der Waals surface area contributed by atoms with Gasteiger partial charge in [-0.25, -0.2) is 4.98 Å². The summed E-state index contributed by atoms with van der Waals surface area (Å²) in [5.74, 6) is -0.207. The molecule has 4 N–H and O–H groups in total. The minimum absolute atomic E-state index is 0.127. The van der Waals surface area contributed by atoms with Crippen LogP contribution in [0, 0.1) is 12.3 Å². The Morgan fingerprint density at radius 2 is 2.03 bits per heavy atom. The van der Waals surface area contributed by atoms with E-state index < -0.39 is 0 Å². The first kappa shape index (κ1) is 21.1. The first-order chi connectivity index (χ1) is 14.9. The number of carbonyl (C=O) groups excluding carboxylic acids is 1. The topological polar surface area (TPSA) is 108 Å². The summed E-state index contributed by atoms with van der Waals surface area (Å²) in [6.07, 6.45) is 5.24. The van der Waals surface area contributed by atoms with Gasteiger partial charge in [0.1, 0.15) is 10.7 Å². The van der Waals surface area contributed by atoms with Crippen molar-refractivity contribution in [1.82, 2.24) is 20.2 Å². The lowest BCUT2D eigenvalue weighted by molar-refractivity contribution is 0.0913. The summed E-state index contributed by atoms with van der Waals surface area (Å²) in [7, 11) is 2.09. The van der Waals surface area contributed by atoms with Gasteiger partial charge in [-0.1, -0.05) is 24.3 Å². The number of nitrogens with zero attached hydrogens (tertiary/aromatic N) is 3. The number of pyridine rings is 1. The molecule has 3 heterocycles. The lowest BCUT2D eigenvalue weighted by Crippen LogP contribution is -2.43. The standard InChI is InChI=1S/C23H26N6OS/c1-14-5-3-7-17(18(14)24)19(25)23-28-20(21(31-23)15-6-4-10-26-13-15)22(30)27-16-8-11-29(2)12-9-16/h3-7,10,13,16,25H,8-9,11-12,24H2,1-2H3,(H,27,30). The van der Waals surface area contributed by atoms with Gasteiger partial charge in [-0.2, -0.15) is 0 Å². The Morgan fingerprint density at radius 3 is 2.74 bits per heavy atom. The fraction of sp³-hybridized carbons (Fsp3) is 0.304. The van der Waals surface area contributed by atoms with Crippen LogP contribution in [0.25, 0.3) is 10.4 Å². The van der Waals surface area contributed by atoms with E-state index in [2.05, 4.69) is 27.2 Å². The quantitative estimate of drug-likeness (QED) is 0.422. The summed E-state index contributed by atoms with van der Waals surface area (Å²) in [5, 5.41) is 12.3. The number of nitrogens with two attached hydrogens (primary N) is 1. The third-order valence-electron chi connectivity index (χ3n) is 5.63. The van der Waals surface area contributed by atoms with Gasteiger partial charge in [0, 0.05) is 35.2 Å². The molecule has 2 aromatic heterocycles. The number of hydrogen-bond acceptors (Lipinski definition) is 7. The lowest BCUT2D eigenvalue weighted by atomic mass is 10.0. The van der Waals surface area contributed by atoms with E-state index in [1.54, 1.807) is 12.4 Å². The van der Waals surface area contributed by atoms with E-state index in [9.17, 15) is 4.79 Å². The number of carbonyl (C=O) groups is 1. The van der Waals surface area contributed by atoms with Crippen LogP contribution in [0.2, 0.25) is 0 Å². The van der Waals surface area contributed by atoms with Crippen molar-refractivity contribution in [2.24, 2.45) is 0 Å². The van der Waals surface area contributed by atoms with Gasteiger partial charge in [0.25, 0.3) is 5.91 Å². The number of amides is 1. The van der Waals surface area contributed by atoms with Crippen molar-refractivity contribution in [3.8, 4) is 10.4 Å². The summed E-state index contributed by atoms with van der Waals surface area (Å²) in [6, 6.07) is 9.46. The summed E-state index contributed by atoms with van der Waals surface area (Å²) < 4.78 is 0. The van der Waals surface area contributed by atoms with Gasteiger partial charge in [0.15, 0.2) is 0 Å². The first-order valence-corrected chi connectivity index (χ1v) is 11.1. The summed E-state index contributed by atoms with van der Waals surface area (Å²) >= 11 is 1.32. The molecule has 0 radical (unpaired) electrons. The van der Waals surface area contributed by atoms with E-state index in [0.717, 1.165) is 37.1 Å². The van der Waals surface area contributed by atoms with Crippen molar-refractivity contribution in [2.75, 3.05) is 25.9 Å². The fourth-order valence-corrected chi connectivity index (χ4v) is 4.71. The molecule has 1 aliphatic heterocycles. The number of aromatic nitrogens is 2. The van der Waals surface area contributed by atoms with Gasteiger partial charge in [0.05, 0.1) is 10.6 Å². The number of nitrogens with one attached hydrogen (secondary N) is 2. The van der Waals surface area contributed by atoms with Crippen LogP contribution < -0.4 is 11.1 Å². The van der Waals surface area contributed by atoms with Gasteiger partial charge in [-0.05, 0) is 51.5 Å². The van der Waals surface area contributed by atoms with Gasteiger partial charge < -0.3 is 16.0 Å². The Labute approximate surface area is 185 Å². The molecule has 1 aromatic carbocycles. The second-order valence-corrected chi connectivity index (χ2v) is 8.90. The van der Waals surface area contributed by atoms with E-state index in [0.29, 0.717) is 26.8 Å². The van der Waals surface area contributed by atoms with Crippen molar-refractivity contribution in [3.05, 3.63) is 64.6 Å². The van der Waals surface area contributed by atoms with Crippen LogP contribution in [0.15, 0.2) is 42.7 Å². The van der Waals surface area contributed by atoms with E-state index in [1.807, 2.05) is 37.3 Å². The zero-order valence-electron chi connectivity index (χ0n) is 17.7. The molecule has 1 saturated heterocycles. The molecule has 0 aliphatic carbocycles. The number of anilines is 1. The summed E-state index contributed by atoms with van der Waals surface area (Å²) in [6.45, 7) is 3.83. The fourth-order valence-electron chi connectivity index (χ4n) is 3.69. The predicted octanol–water partition coefficient (Wildman–Crippen LogP) is 3.34. The Hall–Kier alpha value is -3.10. The monoisotopic (exact) mass is 434 g/mol. The highest BCUT2D eigenvalue weighted by Gasteiger charge is 2.26. The average Bonchev–Trinajstić information content (AvgIpc) is 3.23. The van der Waals surface area contributed by atoms with Gasteiger partial charge >= 0.3 is 0 Å². The van der Waals surface area contributed by atoms with Crippen molar-refractivity contribution in [3.63, 3.8) is 0 Å². The SMILES string of the molecule is Cc1cccc(C(=N)c2nc(C(=O)NC3CCN(C)CC3)c(-c3cccnc3)s2)c1N. The van der Waals surface area contributed by atoms with Crippen LogP contribution in [0.1, 0.15) is 39.5 Å². The molecule has 8 heteroatoms. The zero-order valence-corrected chi connectivity index (χ0v) is 18.5. The zero-order chi connectivity index (χ0) is 22.0. The number of thiazole rings is 1. The molecule has 160 valence electrons. The number of nitrogen functional groups attached to an aromatic ring is 1. The lowest BCUT2D eigenvalue weighted by Gasteiger charge is -2.29. The maximum Gasteiger partial charge on any atom is 0.271 e. The second kappa shape index (κ2) is 8.95. The molecule has 1 fully saturated rings. The molecule has 1 aliphatic rings. The van der Waals surface area contributed by atoms with Crippen LogP contribution >= 0.6 is 11.3 Å². The smallest absolute Gasteiger partial charge is 0.271 e. The molecular formula is C23H26N6OS. The number of aryl methyl sites for hydroxylation is 1. The van der Waals surface area contributed by atoms with Crippen LogP contribution in [0.5, 0.6) is 0 Å². The van der Waals surface area contributed by atoms with Crippen molar-refractivity contribution in [2.45, 2.75) is 25.8 Å². The van der Waals surface area contributed by atoms with Gasteiger partial charge in [-0.15, -0.1) is 11.3 Å². The number of benzene rings is 1. The Bertz CT molecular complexity index is 1100. The molecule has 7 nitrogen and oxygen atoms in total. The molecule has 0 bridgehead atoms. The maximum absolute atomic E-state index is 13.2. The second-order valence-electron chi connectivity index (χ2n) is 7.90. The third-order valence-corrected chi connectivity index (χ3v) is 6.75. The molecule has 1 amide bonds. The predicted molar refractivity (Wildman–Crippen MR) is 125 cm³/mol. The first-order valence-electron chi connectivity index (χ1n) is 10.3. The Kier molecular flexibility index (Phi) is 6.11. The number of para-hydroxylation sites is 1.